The largest absolute Gasteiger partial charge is 0.360 e. The number of fused-ring (bicyclic) bond motifs is 1. The maximum atomic E-state index is 16.3. The fraction of sp³-hybridized carbons (Fsp3) is 0.429. The Balaban J connectivity index is 1.82. The normalized spacial score (nSPS) is 13.2. The number of nitro benzene ring substituents is 1. The van der Waals surface area contributed by atoms with Crippen LogP contribution in [0, 0.1) is 27.6 Å². The van der Waals surface area contributed by atoms with Gasteiger partial charge in [0.15, 0.2) is 11.6 Å². The van der Waals surface area contributed by atoms with Crippen molar-refractivity contribution < 1.29 is 27.6 Å². The second-order valence-corrected chi connectivity index (χ2v) is 21.2. The molecule has 0 aliphatic carbocycles. The zero-order valence-corrected chi connectivity index (χ0v) is 27.2. The highest BCUT2D eigenvalue weighted by Gasteiger charge is 2.28. The van der Waals surface area contributed by atoms with Crippen molar-refractivity contribution in [3.05, 3.63) is 63.2 Å². The van der Waals surface area contributed by atoms with E-state index in [2.05, 4.69) is 47.6 Å². The van der Waals surface area contributed by atoms with Gasteiger partial charge in [0.1, 0.15) is 35.6 Å². The molecule has 2 aromatic heterocycles. The summed E-state index contributed by atoms with van der Waals surface area (Å²) in [7, 11) is -1.63. The van der Waals surface area contributed by atoms with Crippen molar-refractivity contribution in [2.75, 3.05) is 62.3 Å². The third-order valence-electron chi connectivity index (χ3n) is 6.52. The third-order valence-corrected chi connectivity index (χ3v) is 9.60. The number of aromatic nitrogens is 4. The summed E-state index contributed by atoms with van der Waals surface area (Å²) < 4.78 is 60.9. The Morgan fingerprint density at radius 2 is 1.56 bits per heavy atom. The molecule has 236 valence electrons. The van der Waals surface area contributed by atoms with Gasteiger partial charge in [-0.1, -0.05) is 17.7 Å². The number of hydrogen-bond donors (Lipinski definition) is 0. The van der Waals surface area contributed by atoms with Gasteiger partial charge in [0, 0.05) is 28.5 Å². The molecule has 0 aliphatic rings. The topological polar surface area (TPSA) is 97.2 Å². The molecular formula is C28H35ClF3N5O4S2. The van der Waals surface area contributed by atoms with Crippen LogP contribution in [0.1, 0.15) is 0 Å². The number of ether oxygens (including phenoxy) is 2. The lowest BCUT2D eigenvalue weighted by Crippen LogP contribution is -2.12. The Labute approximate surface area is 256 Å². The summed E-state index contributed by atoms with van der Waals surface area (Å²) in [5.74, 6) is -1.66. The molecular weight excluding hydrogens is 627 g/mol. The fourth-order valence-electron chi connectivity index (χ4n) is 4.21. The molecule has 2 heterocycles. The minimum Gasteiger partial charge on any atom is -0.360 e. The van der Waals surface area contributed by atoms with Crippen LogP contribution in [0.5, 0.6) is 0 Å². The summed E-state index contributed by atoms with van der Waals surface area (Å²) in [5, 5.41) is 16.5. The molecule has 15 heteroatoms. The first-order chi connectivity index (χ1) is 20.1. The molecule has 43 heavy (non-hydrogen) atoms. The van der Waals surface area contributed by atoms with Crippen LogP contribution in [0.25, 0.3) is 33.5 Å². The van der Waals surface area contributed by atoms with Gasteiger partial charge in [-0.2, -0.15) is 9.49 Å². The van der Waals surface area contributed by atoms with Gasteiger partial charge in [0.25, 0.3) is 0 Å². The molecule has 0 saturated carbocycles. The van der Waals surface area contributed by atoms with Crippen molar-refractivity contribution in [3.8, 4) is 22.6 Å². The molecule has 0 bridgehead atoms. The van der Waals surface area contributed by atoms with Crippen molar-refractivity contribution in [2.24, 2.45) is 0 Å². The second kappa shape index (κ2) is 13.1. The first-order valence-electron chi connectivity index (χ1n) is 13.1. The molecule has 0 amide bonds. The maximum absolute atomic E-state index is 16.3. The summed E-state index contributed by atoms with van der Waals surface area (Å²) in [6.45, 7) is 0.804. The summed E-state index contributed by atoms with van der Waals surface area (Å²) in [6.07, 6.45) is 14.4. The van der Waals surface area contributed by atoms with Gasteiger partial charge in [-0.05, 0) is 49.7 Å². The second-order valence-electron chi connectivity index (χ2n) is 11.7. The smallest absolute Gasteiger partial charge is 0.305 e. The monoisotopic (exact) mass is 661 g/mol. The minimum atomic E-state index is -1.48. The van der Waals surface area contributed by atoms with E-state index in [9.17, 15) is 14.5 Å². The standard InChI is InChI=1S/C28H35ClF3N5O4S2/c1-42(2,3)13-11-40-16-35-22(29)15-33-28(35)26-19-8-7-18(23-20(30)9-10-21(25(23)32)37(38)39)24(31)27(19)36(34-26)17-41-12-14-43(4,5)6/h7-10,15H,11-14,16-17H2,1-6H3. The lowest BCUT2D eigenvalue weighted by atomic mass is 10.0. The molecule has 0 radical (unpaired) electrons. The average molecular weight is 662 g/mol. The van der Waals surface area contributed by atoms with Crippen LogP contribution < -0.4 is 0 Å². The molecule has 0 N–H and O–H groups in total. The zero-order chi connectivity index (χ0) is 31.7. The van der Waals surface area contributed by atoms with Gasteiger partial charge in [-0.15, -0.1) is 0 Å². The van der Waals surface area contributed by atoms with Crippen LogP contribution in [-0.2, 0) is 22.9 Å². The highest BCUT2D eigenvalue weighted by molar-refractivity contribution is 8.32. The summed E-state index contributed by atoms with van der Waals surface area (Å²) in [4.78, 5) is 14.7. The molecule has 0 spiro atoms. The van der Waals surface area contributed by atoms with Crippen LogP contribution >= 0.6 is 31.7 Å². The Morgan fingerprint density at radius 3 is 2.16 bits per heavy atom. The number of rotatable bonds is 13. The van der Waals surface area contributed by atoms with Crippen LogP contribution in [0.2, 0.25) is 5.15 Å². The molecule has 0 unspecified atom stereocenters. The minimum absolute atomic E-state index is 0.0770. The molecule has 0 aliphatic heterocycles. The van der Waals surface area contributed by atoms with Crippen LogP contribution in [0.15, 0.2) is 30.5 Å². The summed E-state index contributed by atoms with van der Waals surface area (Å²) >= 11 is 6.43. The van der Waals surface area contributed by atoms with E-state index in [0.29, 0.717) is 25.1 Å². The zero-order valence-electron chi connectivity index (χ0n) is 24.8. The molecule has 4 rings (SSSR count). The van der Waals surface area contributed by atoms with Gasteiger partial charge in [0.2, 0.25) is 5.82 Å². The predicted octanol–water partition coefficient (Wildman–Crippen LogP) is 6.88. The van der Waals surface area contributed by atoms with E-state index in [-0.39, 0.29) is 35.2 Å². The van der Waals surface area contributed by atoms with Gasteiger partial charge in [-0.3, -0.25) is 14.7 Å². The van der Waals surface area contributed by atoms with Crippen molar-refractivity contribution in [3.63, 3.8) is 0 Å². The van der Waals surface area contributed by atoms with Crippen LogP contribution in [-0.4, -0.2) is 86.5 Å². The average Bonchev–Trinajstić information content (AvgIpc) is 3.44. The van der Waals surface area contributed by atoms with Crippen molar-refractivity contribution >= 4 is 48.2 Å². The van der Waals surface area contributed by atoms with Crippen LogP contribution in [0.3, 0.4) is 0 Å². The quantitative estimate of drug-likeness (QED) is 0.0880. The lowest BCUT2D eigenvalue weighted by Gasteiger charge is -2.24. The van der Waals surface area contributed by atoms with Gasteiger partial charge >= 0.3 is 5.69 Å². The Hall–Kier alpha value is -2.78. The summed E-state index contributed by atoms with van der Waals surface area (Å²) in [6, 6.07) is 4.05. The van der Waals surface area contributed by atoms with Crippen molar-refractivity contribution in [1.82, 2.24) is 19.3 Å². The van der Waals surface area contributed by atoms with Gasteiger partial charge < -0.3 is 9.47 Å². The number of hydrogen-bond acceptors (Lipinski definition) is 6. The van der Waals surface area contributed by atoms with E-state index in [4.69, 9.17) is 21.1 Å². The predicted molar refractivity (Wildman–Crippen MR) is 170 cm³/mol. The molecule has 4 aromatic rings. The third kappa shape index (κ3) is 7.66. The first-order valence-corrected chi connectivity index (χ1v) is 19.5. The van der Waals surface area contributed by atoms with E-state index in [0.717, 1.165) is 17.6 Å². The fourth-order valence-corrected chi connectivity index (χ4v) is 5.62. The highest BCUT2D eigenvalue weighted by Crippen LogP contribution is 2.39. The molecule has 9 nitrogen and oxygen atoms in total. The summed E-state index contributed by atoms with van der Waals surface area (Å²) in [5.41, 5.74) is -2.17. The lowest BCUT2D eigenvalue weighted by molar-refractivity contribution is -0.387. The first kappa shape index (κ1) is 33.1. The Bertz CT molecular complexity index is 1650. The van der Waals surface area contributed by atoms with E-state index in [1.54, 1.807) is 4.57 Å². The Kier molecular flexibility index (Phi) is 10.1. The van der Waals surface area contributed by atoms with Crippen molar-refractivity contribution in [1.29, 1.82) is 0 Å². The molecule has 0 fully saturated rings. The maximum Gasteiger partial charge on any atom is 0.305 e. The van der Waals surface area contributed by atoms with E-state index in [1.165, 1.54) is 23.0 Å². The van der Waals surface area contributed by atoms with Gasteiger partial charge in [-0.25, -0.2) is 38.5 Å². The number of halogens is 4. The number of imidazole rings is 1. The van der Waals surface area contributed by atoms with Gasteiger partial charge in [0.05, 0.1) is 29.9 Å². The number of benzene rings is 2. The van der Waals surface area contributed by atoms with E-state index >= 15 is 8.78 Å². The van der Waals surface area contributed by atoms with Crippen molar-refractivity contribution in [2.45, 2.75) is 13.5 Å². The Morgan fingerprint density at radius 1 is 0.930 bits per heavy atom. The van der Waals surface area contributed by atoms with E-state index < -0.39 is 59.2 Å². The number of nitro groups is 1. The van der Waals surface area contributed by atoms with Crippen LogP contribution in [0.4, 0.5) is 18.9 Å². The highest BCUT2D eigenvalue weighted by atomic mass is 35.5. The molecule has 0 atom stereocenters. The SMILES string of the molecule is CS(C)(C)CCOCn1c(Cl)cnc1-c1nn(COCCS(C)(C)C)c2c(F)c(-c3c(F)ccc([N+](=O)[O-])c3F)ccc12. The molecule has 0 saturated heterocycles. The van der Waals surface area contributed by atoms with E-state index in [1.807, 2.05) is 0 Å². The molecule has 2 aromatic carbocycles. The number of nitrogens with zero attached hydrogens (tertiary/aromatic N) is 5.